The van der Waals surface area contributed by atoms with Crippen LogP contribution in [0.4, 0.5) is 11.4 Å². The van der Waals surface area contributed by atoms with Gasteiger partial charge in [0.2, 0.25) is 5.91 Å². The first-order chi connectivity index (χ1) is 17.3. The highest BCUT2D eigenvalue weighted by Gasteiger charge is 2.36. The summed E-state index contributed by atoms with van der Waals surface area (Å²) in [6, 6.07) is 2.45. The predicted molar refractivity (Wildman–Crippen MR) is 142 cm³/mol. The Kier molecular flexibility index (Phi) is 13.2. The molecule has 0 bridgehead atoms. The lowest BCUT2D eigenvalue weighted by Gasteiger charge is -2.35. The number of nitro benzene ring substituents is 1. The molecule has 1 aromatic rings. The molecular formula is C24H39N3O9Si. The number of benzene rings is 1. The topological polar surface area (TPSA) is 172 Å². The zero-order valence-electron chi connectivity index (χ0n) is 22.2. The number of anilines is 1. The van der Waals surface area contributed by atoms with E-state index in [1.54, 1.807) is 6.08 Å². The summed E-state index contributed by atoms with van der Waals surface area (Å²) in [5, 5.41) is 23.3. The van der Waals surface area contributed by atoms with Gasteiger partial charge in [0.15, 0.2) is 14.0 Å². The number of ether oxygens (including phenoxy) is 3. The normalized spacial score (nSPS) is 12.0. The maximum atomic E-state index is 11.7. The Labute approximate surface area is 218 Å². The first-order valence-corrected chi connectivity index (χ1v) is 14.8. The van der Waals surface area contributed by atoms with Gasteiger partial charge in [-0.25, -0.2) is 0 Å². The maximum Gasteiger partial charge on any atom is 0.305 e. The SMILES string of the molecule is CC(C)(C)[Si](C)(C)OC/C=C/CNc1c(OCCOCCOCCC(=O)O)cc(C(N)=O)cc1[N+](=O)[O-]. The number of hydrogen-bond acceptors (Lipinski definition) is 9. The largest absolute Gasteiger partial charge is 0.489 e. The van der Waals surface area contributed by atoms with Gasteiger partial charge in [-0.3, -0.25) is 19.7 Å². The van der Waals surface area contributed by atoms with Gasteiger partial charge < -0.3 is 34.8 Å². The number of nitrogens with one attached hydrogen (secondary N) is 1. The summed E-state index contributed by atoms with van der Waals surface area (Å²) in [5.41, 5.74) is 5.05. The van der Waals surface area contributed by atoms with E-state index in [0.29, 0.717) is 6.61 Å². The molecule has 12 nitrogen and oxygen atoms in total. The molecule has 0 heterocycles. The van der Waals surface area contributed by atoms with Crippen molar-refractivity contribution < 1.29 is 38.3 Å². The van der Waals surface area contributed by atoms with Gasteiger partial charge in [-0.15, -0.1) is 0 Å². The van der Waals surface area contributed by atoms with Crippen molar-refractivity contribution >= 4 is 31.6 Å². The first kappa shape index (κ1) is 32.0. The monoisotopic (exact) mass is 541 g/mol. The molecule has 0 fully saturated rings. The van der Waals surface area contributed by atoms with Crippen LogP contribution in [0, 0.1) is 10.1 Å². The van der Waals surface area contributed by atoms with E-state index >= 15 is 0 Å². The van der Waals surface area contributed by atoms with Crippen molar-refractivity contribution in [3.05, 3.63) is 40.0 Å². The molecule has 0 radical (unpaired) electrons. The molecule has 0 aliphatic carbocycles. The van der Waals surface area contributed by atoms with Crippen LogP contribution in [0.25, 0.3) is 0 Å². The maximum absolute atomic E-state index is 11.7. The number of nitrogens with zero attached hydrogens (tertiary/aromatic N) is 1. The van der Waals surface area contributed by atoms with Gasteiger partial charge in [0.25, 0.3) is 5.69 Å². The summed E-state index contributed by atoms with van der Waals surface area (Å²) >= 11 is 0. The standard InChI is InChI=1S/C24H39N3O9Si/c1-24(2,3)37(4,5)36-10-7-6-9-26-22-19(27(31)32)16-18(23(25)30)17-20(22)35-15-14-34-13-12-33-11-8-21(28)29/h6-7,16-17,26H,8-15H2,1-5H3,(H2,25,30)(H,28,29)/b7-6+. The molecular weight excluding hydrogens is 502 g/mol. The van der Waals surface area contributed by atoms with Crippen LogP contribution in [0.5, 0.6) is 5.75 Å². The molecule has 1 amide bonds. The molecule has 0 saturated heterocycles. The zero-order valence-corrected chi connectivity index (χ0v) is 23.2. The number of carbonyl (C=O) groups is 2. The Morgan fingerprint density at radius 1 is 1.11 bits per heavy atom. The zero-order chi connectivity index (χ0) is 28.1. The van der Waals surface area contributed by atoms with E-state index < -0.39 is 25.1 Å². The number of amides is 1. The molecule has 0 spiro atoms. The predicted octanol–water partition coefficient (Wildman–Crippen LogP) is 3.57. The minimum Gasteiger partial charge on any atom is -0.489 e. The van der Waals surface area contributed by atoms with Crippen LogP contribution in [0.2, 0.25) is 18.1 Å². The van der Waals surface area contributed by atoms with Crippen molar-refractivity contribution in [3.63, 3.8) is 0 Å². The second-order valence-corrected chi connectivity index (χ2v) is 14.4. The van der Waals surface area contributed by atoms with Gasteiger partial charge in [-0.1, -0.05) is 32.9 Å². The third-order valence-corrected chi connectivity index (χ3v) is 10.3. The second kappa shape index (κ2) is 15.3. The Bertz CT molecular complexity index is 946. The van der Waals surface area contributed by atoms with Gasteiger partial charge in [0, 0.05) is 18.2 Å². The molecule has 0 atom stereocenters. The second-order valence-electron chi connectivity index (χ2n) is 9.63. The van der Waals surface area contributed by atoms with Crippen LogP contribution in [0.3, 0.4) is 0 Å². The summed E-state index contributed by atoms with van der Waals surface area (Å²) in [5.74, 6) is -1.67. The fraction of sp³-hybridized carbons (Fsp3) is 0.583. The lowest BCUT2D eigenvalue weighted by molar-refractivity contribution is -0.384. The van der Waals surface area contributed by atoms with E-state index in [4.69, 9.17) is 29.5 Å². The highest BCUT2D eigenvalue weighted by Crippen LogP contribution is 2.37. The number of aliphatic carboxylic acids is 1. The van der Waals surface area contributed by atoms with Crippen molar-refractivity contribution in [2.24, 2.45) is 5.73 Å². The number of nitrogens with two attached hydrogens (primary N) is 1. The van der Waals surface area contributed by atoms with E-state index in [9.17, 15) is 19.7 Å². The number of nitro groups is 1. The van der Waals surface area contributed by atoms with Crippen LogP contribution < -0.4 is 15.8 Å². The number of primary amides is 1. The van der Waals surface area contributed by atoms with Gasteiger partial charge in [0.05, 0.1) is 44.4 Å². The summed E-state index contributed by atoms with van der Waals surface area (Å²) in [6.45, 7) is 12.2. The van der Waals surface area contributed by atoms with Gasteiger partial charge in [-0.2, -0.15) is 0 Å². The number of carbonyl (C=O) groups excluding carboxylic acids is 1. The smallest absolute Gasteiger partial charge is 0.305 e. The summed E-state index contributed by atoms with van der Waals surface area (Å²) in [7, 11) is -1.88. The van der Waals surface area contributed by atoms with E-state index in [-0.39, 0.29) is 73.7 Å². The molecule has 0 aliphatic rings. The molecule has 1 aromatic carbocycles. The minimum absolute atomic E-state index is 0.0410. The van der Waals surface area contributed by atoms with Crippen LogP contribution in [0.15, 0.2) is 24.3 Å². The molecule has 0 aliphatic heterocycles. The van der Waals surface area contributed by atoms with Crippen molar-refractivity contribution in [2.75, 3.05) is 51.5 Å². The lowest BCUT2D eigenvalue weighted by atomic mass is 10.1. The Hall–Kier alpha value is -3.00. The molecule has 0 saturated carbocycles. The van der Waals surface area contributed by atoms with Crippen LogP contribution >= 0.6 is 0 Å². The average Bonchev–Trinajstić information content (AvgIpc) is 2.79. The third kappa shape index (κ3) is 11.7. The lowest BCUT2D eigenvalue weighted by Crippen LogP contribution is -2.40. The van der Waals surface area contributed by atoms with Crippen molar-refractivity contribution in [3.8, 4) is 5.75 Å². The van der Waals surface area contributed by atoms with Crippen LogP contribution in [-0.4, -0.2) is 76.4 Å². The van der Waals surface area contributed by atoms with E-state index in [1.807, 2.05) is 6.08 Å². The quantitative estimate of drug-likeness (QED) is 0.0819. The minimum atomic E-state index is -1.88. The molecule has 13 heteroatoms. The summed E-state index contributed by atoms with van der Waals surface area (Å²) in [6.07, 6.45) is 3.56. The highest BCUT2D eigenvalue weighted by atomic mass is 28.4. The van der Waals surface area contributed by atoms with Crippen molar-refractivity contribution in [2.45, 2.75) is 45.3 Å². The summed E-state index contributed by atoms with van der Waals surface area (Å²) in [4.78, 5) is 33.2. The van der Waals surface area contributed by atoms with Gasteiger partial charge in [-0.05, 0) is 24.2 Å². The third-order valence-electron chi connectivity index (χ3n) is 5.79. The molecule has 208 valence electrons. The number of hydrogen-bond donors (Lipinski definition) is 3. The molecule has 4 N–H and O–H groups in total. The van der Waals surface area contributed by atoms with E-state index in [0.717, 1.165) is 6.07 Å². The van der Waals surface area contributed by atoms with Crippen LogP contribution in [-0.2, 0) is 18.7 Å². The number of carboxylic acids is 1. The molecule has 0 unspecified atom stereocenters. The number of rotatable bonds is 18. The highest BCUT2D eigenvalue weighted by molar-refractivity contribution is 6.74. The average molecular weight is 542 g/mol. The van der Waals surface area contributed by atoms with E-state index in [1.165, 1.54) is 6.07 Å². The fourth-order valence-electron chi connectivity index (χ4n) is 2.66. The van der Waals surface area contributed by atoms with Crippen molar-refractivity contribution in [1.82, 2.24) is 0 Å². The molecule has 1 rings (SSSR count). The summed E-state index contributed by atoms with van der Waals surface area (Å²) < 4.78 is 22.3. The molecule has 37 heavy (non-hydrogen) atoms. The Balaban J connectivity index is 2.76. The fourth-order valence-corrected chi connectivity index (χ4v) is 3.60. The van der Waals surface area contributed by atoms with Crippen LogP contribution in [0.1, 0.15) is 37.6 Å². The number of carboxylic acid groups (broad SMARTS) is 1. The Morgan fingerprint density at radius 3 is 2.30 bits per heavy atom. The Morgan fingerprint density at radius 2 is 1.73 bits per heavy atom. The van der Waals surface area contributed by atoms with Gasteiger partial charge >= 0.3 is 5.97 Å². The molecule has 0 aromatic heterocycles. The van der Waals surface area contributed by atoms with Crippen molar-refractivity contribution in [1.29, 1.82) is 0 Å². The van der Waals surface area contributed by atoms with Gasteiger partial charge in [0.1, 0.15) is 12.4 Å². The first-order valence-electron chi connectivity index (χ1n) is 11.9. The van der Waals surface area contributed by atoms with E-state index in [2.05, 4.69) is 39.2 Å².